The number of thiophene rings is 1. The standard InChI is InChI=1S/C25H22OS/c1-17-18(2)27-24(16-19-6-4-3-5-7-19)25(17)22-10-8-20(9-11-22)21-12-14-23(26)15-13-21/h3-15,26H,16H2,1-2H3. The minimum atomic E-state index is 0.297. The molecule has 1 N–H and O–H groups in total. The number of aryl methyl sites for hydroxylation is 1. The van der Waals surface area contributed by atoms with E-state index in [-0.39, 0.29) is 0 Å². The largest absolute Gasteiger partial charge is 0.508 e. The van der Waals surface area contributed by atoms with Crippen LogP contribution in [0.25, 0.3) is 22.3 Å². The van der Waals surface area contributed by atoms with Gasteiger partial charge in [-0.1, -0.05) is 66.7 Å². The van der Waals surface area contributed by atoms with Crippen molar-refractivity contribution in [3.05, 3.63) is 99.7 Å². The van der Waals surface area contributed by atoms with E-state index in [1.54, 1.807) is 12.1 Å². The monoisotopic (exact) mass is 370 g/mol. The lowest BCUT2D eigenvalue weighted by atomic mass is 9.96. The fourth-order valence-electron chi connectivity index (χ4n) is 3.46. The van der Waals surface area contributed by atoms with Gasteiger partial charge in [0.05, 0.1) is 0 Å². The first kappa shape index (κ1) is 17.6. The summed E-state index contributed by atoms with van der Waals surface area (Å²) < 4.78 is 0. The lowest BCUT2D eigenvalue weighted by Gasteiger charge is -2.09. The van der Waals surface area contributed by atoms with Gasteiger partial charge < -0.3 is 5.11 Å². The molecule has 0 spiro atoms. The summed E-state index contributed by atoms with van der Waals surface area (Å²) in [6.07, 6.45) is 0.967. The maximum Gasteiger partial charge on any atom is 0.115 e. The third kappa shape index (κ3) is 3.67. The van der Waals surface area contributed by atoms with E-state index in [2.05, 4.69) is 68.4 Å². The highest BCUT2D eigenvalue weighted by molar-refractivity contribution is 7.12. The minimum Gasteiger partial charge on any atom is -0.508 e. The topological polar surface area (TPSA) is 20.2 Å². The van der Waals surface area contributed by atoms with Crippen molar-refractivity contribution in [2.45, 2.75) is 20.3 Å². The molecule has 1 heterocycles. The van der Waals surface area contributed by atoms with Gasteiger partial charge in [0, 0.05) is 16.2 Å². The Morgan fingerprint density at radius 3 is 1.89 bits per heavy atom. The second-order valence-electron chi connectivity index (χ2n) is 6.87. The molecule has 4 aromatic rings. The predicted octanol–water partition coefficient (Wildman–Crippen LogP) is 7.00. The van der Waals surface area contributed by atoms with Gasteiger partial charge in [-0.3, -0.25) is 0 Å². The number of benzene rings is 3. The van der Waals surface area contributed by atoms with E-state index < -0.39 is 0 Å². The van der Waals surface area contributed by atoms with Gasteiger partial charge in [-0.15, -0.1) is 11.3 Å². The van der Waals surface area contributed by atoms with Crippen LogP contribution in [0.1, 0.15) is 20.9 Å². The summed E-state index contributed by atoms with van der Waals surface area (Å²) >= 11 is 1.91. The summed E-state index contributed by atoms with van der Waals surface area (Å²) in [7, 11) is 0. The van der Waals surface area contributed by atoms with Crippen molar-refractivity contribution in [3.8, 4) is 28.0 Å². The molecule has 134 valence electrons. The maximum atomic E-state index is 9.48. The lowest BCUT2D eigenvalue weighted by Crippen LogP contribution is -1.89. The van der Waals surface area contributed by atoms with Crippen molar-refractivity contribution in [1.82, 2.24) is 0 Å². The third-order valence-corrected chi connectivity index (χ3v) is 6.25. The molecule has 1 aromatic heterocycles. The number of phenolic OH excluding ortho intramolecular Hbond substituents is 1. The number of aromatic hydroxyl groups is 1. The van der Waals surface area contributed by atoms with Gasteiger partial charge in [0.2, 0.25) is 0 Å². The van der Waals surface area contributed by atoms with Crippen LogP contribution in [0.5, 0.6) is 5.75 Å². The number of rotatable bonds is 4. The Hall–Kier alpha value is -2.84. The van der Waals surface area contributed by atoms with Crippen LogP contribution in [-0.2, 0) is 6.42 Å². The first-order chi connectivity index (χ1) is 13.1. The van der Waals surface area contributed by atoms with Crippen LogP contribution in [0, 0.1) is 13.8 Å². The first-order valence-corrected chi connectivity index (χ1v) is 9.96. The van der Waals surface area contributed by atoms with Crippen molar-refractivity contribution in [2.24, 2.45) is 0 Å². The molecule has 0 aliphatic carbocycles. The lowest BCUT2D eigenvalue weighted by molar-refractivity contribution is 0.475. The van der Waals surface area contributed by atoms with Gasteiger partial charge in [-0.25, -0.2) is 0 Å². The smallest absolute Gasteiger partial charge is 0.115 e. The SMILES string of the molecule is Cc1sc(Cc2ccccc2)c(-c2ccc(-c3ccc(O)cc3)cc2)c1C. The van der Waals surface area contributed by atoms with Gasteiger partial charge in [-0.05, 0) is 59.4 Å². The van der Waals surface area contributed by atoms with Crippen molar-refractivity contribution in [1.29, 1.82) is 0 Å². The number of hydrogen-bond acceptors (Lipinski definition) is 2. The van der Waals surface area contributed by atoms with Gasteiger partial charge in [0.15, 0.2) is 0 Å². The average molecular weight is 371 g/mol. The van der Waals surface area contributed by atoms with E-state index in [0.29, 0.717) is 5.75 Å². The van der Waals surface area contributed by atoms with E-state index in [0.717, 1.165) is 17.5 Å². The molecule has 0 amide bonds. The molecule has 0 saturated carbocycles. The van der Waals surface area contributed by atoms with Crippen LogP contribution in [0.3, 0.4) is 0 Å². The maximum absolute atomic E-state index is 9.48. The van der Waals surface area contributed by atoms with E-state index in [4.69, 9.17) is 0 Å². The molecule has 0 aliphatic heterocycles. The van der Waals surface area contributed by atoms with Crippen molar-refractivity contribution in [2.75, 3.05) is 0 Å². The molecule has 0 fully saturated rings. The highest BCUT2D eigenvalue weighted by atomic mass is 32.1. The van der Waals surface area contributed by atoms with Gasteiger partial charge in [0.1, 0.15) is 5.75 Å². The third-order valence-electron chi connectivity index (χ3n) is 5.04. The van der Waals surface area contributed by atoms with Crippen LogP contribution in [0.4, 0.5) is 0 Å². The molecule has 2 heteroatoms. The molecule has 4 rings (SSSR count). The van der Waals surface area contributed by atoms with E-state index in [9.17, 15) is 5.11 Å². The van der Waals surface area contributed by atoms with Crippen LogP contribution in [-0.4, -0.2) is 5.11 Å². The zero-order valence-electron chi connectivity index (χ0n) is 15.6. The average Bonchev–Trinajstić information content (AvgIpc) is 2.97. The van der Waals surface area contributed by atoms with E-state index in [1.807, 2.05) is 23.5 Å². The summed E-state index contributed by atoms with van der Waals surface area (Å²) in [5, 5.41) is 9.48. The molecular weight excluding hydrogens is 348 g/mol. The van der Waals surface area contributed by atoms with E-state index >= 15 is 0 Å². The highest BCUT2D eigenvalue weighted by Crippen LogP contribution is 2.38. The minimum absolute atomic E-state index is 0.297. The second kappa shape index (κ2) is 7.42. The molecule has 1 nitrogen and oxygen atoms in total. The van der Waals surface area contributed by atoms with Crippen LogP contribution < -0.4 is 0 Å². The van der Waals surface area contributed by atoms with E-state index in [1.165, 1.54) is 32.0 Å². The number of phenols is 1. The molecule has 0 radical (unpaired) electrons. The van der Waals surface area contributed by atoms with Gasteiger partial charge >= 0.3 is 0 Å². The zero-order valence-corrected chi connectivity index (χ0v) is 16.4. The van der Waals surface area contributed by atoms with Crippen molar-refractivity contribution >= 4 is 11.3 Å². The van der Waals surface area contributed by atoms with Crippen LogP contribution in [0.2, 0.25) is 0 Å². The Balaban J connectivity index is 1.69. The Morgan fingerprint density at radius 1 is 0.704 bits per heavy atom. The molecule has 0 bridgehead atoms. The summed E-state index contributed by atoms with van der Waals surface area (Å²) in [5.74, 6) is 0.297. The summed E-state index contributed by atoms with van der Waals surface area (Å²) in [5.41, 5.74) is 7.64. The quantitative estimate of drug-likeness (QED) is 0.410. The Kier molecular flexibility index (Phi) is 4.83. The predicted molar refractivity (Wildman–Crippen MR) is 116 cm³/mol. The van der Waals surface area contributed by atoms with Gasteiger partial charge in [-0.2, -0.15) is 0 Å². The van der Waals surface area contributed by atoms with Crippen LogP contribution in [0.15, 0.2) is 78.9 Å². The summed E-state index contributed by atoms with van der Waals surface area (Å²) in [6.45, 7) is 4.44. The molecule has 27 heavy (non-hydrogen) atoms. The van der Waals surface area contributed by atoms with Gasteiger partial charge in [0.25, 0.3) is 0 Å². The Bertz CT molecular complexity index is 1040. The Morgan fingerprint density at radius 2 is 1.26 bits per heavy atom. The second-order valence-corrected chi connectivity index (χ2v) is 8.18. The fraction of sp³-hybridized carbons (Fsp3) is 0.120. The fourth-order valence-corrected chi connectivity index (χ4v) is 4.70. The first-order valence-electron chi connectivity index (χ1n) is 9.14. The normalized spacial score (nSPS) is 10.9. The molecular formula is C25H22OS. The Labute approximate surface area is 164 Å². The molecule has 0 atom stereocenters. The summed E-state index contributed by atoms with van der Waals surface area (Å²) in [4.78, 5) is 2.81. The molecule has 0 saturated heterocycles. The van der Waals surface area contributed by atoms with Crippen molar-refractivity contribution in [3.63, 3.8) is 0 Å². The highest BCUT2D eigenvalue weighted by Gasteiger charge is 2.15. The zero-order chi connectivity index (χ0) is 18.8. The molecule has 3 aromatic carbocycles. The molecule has 0 aliphatic rings. The van der Waals surface area contributed by atoms with Crippen molar-refractivity contribution < 1.29 is 5.11 Å². The summed E-state index contributed by atoms with van der Waals surface area (Å²) in [6, 6.07) is 26.8. The number of hydrogen-bond donors (Lipinski definition) is 1. The van der Waals surface area contributed by atoms with Crippen LogP contribution >= 0.6 is 11.3 Å². The molecule has 0 unspecified atom stereocenters.